The summed E-state index contributed by atoms with van der Waals surface area (Å²) in [5.41, 5.74) is 6.39. The molecule has 0 aromatic carbocycles. The predicted octanol–water partition coefficient (Wildman–Crippen LogP) is 1.24. The zero-order valence-electron chi connectivity index (χ0n) is 8.56. The van der Waals surface area contributed by atoms with Crippen molar-refractivity contribution in [3.05, 3.63) is 0 Å². The Morgan fingerprint density at radius 1 is 1.23 bits per heavy atom. The Kier molecular flexibility index (Phi) is 1.79. The van der Waals surface area contributed by atoms with Gasteiger partial charge < -0.3 is 11.1 Å². The summed E-state index contributed by atoms with van der Waals surface area (Å²) < 4.78 is 0. The molecule has 1 fully saturated rings. The van der Waals surface area contributed by atoms with Gasteiger partial charge in [0, 0.05) is 0 Å². The summed E-state index contributed by atoms with van der Waals surface area (Å²) in [5, 5.41) is 3.33. The highest BCUT2D eigenvalue weighted by Crippen LogP contribution is 2.41. The van der Waals surface area contributed by atoms with Gasteiger partial charge in [-0.2, -0.15) is 0 Å². The highest BCUT2D eigenvalue weighted by molar-refractivity contribution is 5.80. The van der Waals surface area contributed by atoms with Crippen LogP contribution in [-0.2, 0) is 0 Å². The van der Waals surface area contributed by atoms with E-state index in [1.807, 2.05) is 0 Å². The monoisotopic (exact) mass is 181 g/mol. The summed E-state index contributed by atoms with van der Waals surface area (Å²) >= 11 is 0. The van der Waals surface area contributed by atoms with Crippen LogP contribution in [0.4, 0.5) is 0 Å². The first-order valence-corrected chi connectivity index (χ1v) is 5.10. The molecule has 0 radical (unpaired) electrons. The van der Waals surface area contributed by atoms with Crippen molar-refractivity contribution in [2.24, 2.45) is 16.1 Å². The van der Waals surface area contributed by atoms with Crippen molar-refractivity contribution in [3.8, 4) is 0 Å². The van der Waals surface area contributed by atoms with Gasteiger partial charge in [0.25, 0.3) is 0 Å². The highest BCUT2D eigenvalue weighted by Gasteiger charge is 2.40. The van der Waals surface area contributed by atoms with Crippen LogP contribution in [0, 0.1) is 5.41 Å². The van der Waals surface area contributed by atoms with E-state index in [-0.39, 0.29) is 5.54 Å². The lowest BCUT2D eigenvalue weighted by Crippen LogP contribution is -2.51. The first-order chi connectivity index (χ1) is 6.02. The summed E-state index contributed by atoms with van der Waals surface area (Å²) in [6.45, 7) is 5.58. The lowest BCUT2D eigenvalue weighted by molar-refractivity contribution is 0.162. The van der Waals surface area contributed by atoms with Crippen LogP contribution in [0.5, 0.6) is 0 Å². The van der Waals surface area contributed by atoms with Crippen molar-refractivity contribution in [1.29, 1.82) is 0 Å². The standard InChI is InChI=1S/C10H19N3/c1-9(2)3-5-10(6-4-9)7-12-8(11)13-10/h3-7H2,1-2H3,(H3,11,12,13). The number of guanidine groups is 1. The molecule has 1 spiro atoms. The average Bonchev–Trinajstić information content (AvgIpc) is 2.41. The quantitative estimate of drug-likeness (QED) is 0.591. The largest absolute Gasteiger partial charge is 0.370 e. The summed E-state index contributed by atoms with van der Waals surface area (Å²) in [4.78, 5) is 4.24. The highest BCUT2D eigenvalue weighted by atomic mass is 15.2. The van der Waals surface area contributed by atoms with Crippen molar-refractivity contribution in [1.82, 2.24) is 5.32 Å². The Balaban J connectivity index is 1.99. The minimum Gasteiger partial charge on any atom is -0.370 e. The van der Waals surface area contributed by atoms with Crippen LogP contribution in [-0.4, -0.2) is 18.0 Å². The summed E-state index contributed by atoms with van der Waals surface area (Å²) in [6, 6.07) is 0. The topological polar surface area (TPSA) is 50.4 Å². The Hall–Kier alpha value is -0.730. The second-order valence-electron chi connectivity index (χ2n) is 5.27. The molecule has 0 aromatic rings. The molecule has 1 heterocycles. The van der Waals surface area contributed by atoms with Gasteiger partial charge in [-0.3, -0.25) is 4.99 Å². The van der Waals surface area contributed by atoms with Crippen molar-refractivity contribution in [3.63, 3.8) is 0 Å². The van der Waals surface area contributed by atoms with Crippen LogP contribution in [0.15, 0.2) is 4.99 Å². The van der Waals surface area contributed by atoms with Gasteiger partial charge >= 0.3 is 0 Å². The first kappa shape index (κ1) is 8.85. The number of hydrogen-bond acceptors (Lipinski definition) is 3. The van der Waals surface area contributed by atoms with E-state index in [2.05, 4.69) is 24.2 Å². The normalized spacial score (nSPS) is 29.8. The molecule has 3 N–H and O–H groups in total. The van der Waals surface area contributed by atoms with Crippen LogP contribution < -0.4 is 11.1 Å². The maximum atomic E-state index is 5.65. The van der Waals surface area contributed by atoms with E-state index in [9.17, 15) is 0 Å². The molecule has 0 atom stereocenters. The molecule has 1 aliphatic heterocycles. The van der Waals surface area contributed by atoms with Crippen molar-refractivity contribution in [2.75, 3.05) is 6.54 Å². The van der Waals surface area contributed by atoms with E-state index >= 15 is 0 Å². The van der Waals surface area contributed by atoms with Gasteiger partial charge in [-0.05, 0) is 31.1 Å². The lowest BCUT2D eigenvalue weighted by atomic mass is 9.70. The number of aliphatic imine (C=N–C) groups is 1. The van der Waals surface area contributed by atoms with Gasteiger partial charge in [-0.1, -0.05) is 13.8 Å². The molecule has 2 rings (SSSR count). The molecule has 1 saturated carbocycles. The maximum Gasteiger partial charge on any atom is 0.189 e. The Morgan fingerprint density at radius 3 is 2.31 bits per heavy atom. The van der Waals surface area contributed by atoms with E-state index in [1.165, 1.54) is 25.7 Å². The molecule has 1 aliphatic carbocycles. The van der Waals surface area contributed by atoms with Crippen LogP contribution in [0.2, 0.25) is 0 Å². The van der Waals surface area contributed by atoms with E-state index in [4.69, 9.17) is 5.73 Å². The molecule has 74 valence electrons. The zero-order chi connectivity index (χ0) is 9.53. The Labute approximate surface area is 79.8 Å². The first-order valence-electron chi connectivity index (χ1n) is 5.10. The molecule has 3 heteroatoms. The molecule has 0 amide bonds. The molecule has 0 unspecified atom stereocenters. The maximum absolute atomic E-state index is 5.65. The molecule has 13 heavy (non-hydrogen) atoms. The smallest absolute Gasteiger partial charge is 0.189 e. The van der Waals surface area contributed by atoms with E-state index in [0.29, 0.717) is 11.4 Å². The fraction of sp³-hybridized carbons (Fsp3) is 0.900. The molecule has 0 saturated heterocycles. The van der Waals surface area contributed by atoms with Crippen LogP contribution >= 0.6 is 0 Å². The van der Waals surface area contributed by atoms with Gasteiger partial charge in [0.2, 0.25) is 0 Å². The van der Waals surface area contributed by atoms with Gasteiger partial charge in [0.1, 0.15) is 0 Å². The molecular formula is C10H19N3. The molecular weight excluding hydrogens is 162 g/mol. The second kappa shape index (κ2) is 2.63. The van der Waals surface area contributed by atoms with Crippen LogP contribution in [0.25, 0.3) is 0 Å². The number of nitrogens with zero attached hydrogens (tertiary/aromatic N) is 1. The number of nitrogens with two attached hydrogens (primary N) is 1. The summed E-state index contributed by atoms with van der Waals surface area (Å²) in [6.07, 6.45) is 4.99. The Bertz CT molecular complexity index is 233. The van der Waals surface area contributed by atoms with Crippen molar-refractivity contribution >= 4 is 5.96 Å². The number of rotatable bonds is 0. The fourth-order valence-electron chi connectivity index (χ4n) is 2.28. The van der Waals surface area contributed by atoms with Gasteiger partial charge in [0.05, 0.1) is 12.1 Å². The van der Waals surface area contributed by atoms with Crippen LogP contribution in [0.1, 0.15) is 39.5 Å². The third kappa shape index (κ3) is 1.64. The van der Waals surface area contributed by atoms with Gasteiger partial charge in [-0.15, -0.1) is 0 Å². The predicted molar refractivity (Wildman–Crippen MR) is 54.6 cm³/mol. The number of nitrogens with one attached hydrogen (secondary N) is 1. The third-order valence-corrected chi connectivity index (χ3v) is 3.51. The Morgan fingerprint density at radius 2 is 1.85 bits per heavy atom. The van der Waals surface area contributed by atoms with Gasteiger partial charge in [-0.25, -0.2) is 0 Å². The molecule has 0 bridgehead atoms. The fourth-order valence-corrected chi connectivity index (χ4v) is 2.28. The molecule has 0 aromatic heterocycles. The van der Waals surface area contributed by atoms with Crippen LogP contribution in [0.3, 0.4) is 0 Å². The number of hydrogen-bond donors (Lipinski definition) is 2. The summed E-state index contributed by atoms with van der Waals surface area (Å²) in [7, 11) is 0. The lowest BCUT2D eigenvalue weighted by Gasteiger charge is -2.41. The van der Waals surface area contributed by atoms with Gasteiger partial charge in [0.15, 0.2) is 5.96 Å². The van der Waals surface area contributed by atoms with E-state index in [0.717, 1.165) is 6.54 Å². The minimum atomic E-state index is 0.222. The third-order valence-electron chi connectivity index (χ3n) is 3.51. The van der Waals surface area contributed by atoms with Crippen molar-refractivity contribution < 1.29 is 0 Å². The van der Waals surface area contributed by atoms with E-state index in [1.54, 1.807) is 0 Å². The molecule has 2 aliphatic rings. The SMILES string of the molecule is CC1(C)CCC2(CC1)CN=C(N)N2. The van der Waals surface area contributed by atoms with Crippen molar-refractivity contribution in [2.45, 2.75) is 45.1 Å². The zero-order valence-corrected chi connectivity index (χ0v) is 8.56. The molecule has 3 nitrogen and oxygen atoms in total. The average molecular weight is 181 g/mol. The summed E-state index contributed by atoms with van der Waals surface area (Å²) in [5.74, 6) is 0.639. The minimum absolute atomic E-state index is 0.222. The second-order valence-corrected chi connectivity index (χ2v) is 5.27. The van der Waals surface area contributed by atoms with E-state index < -0.39 is 0 Å².